The minimum absolute atomic E-state index is 0.308. The largest absolute Gasteiger partial charge is 0.486 e. The number of ether oxygens (including phenoxy) is 2. The molecule has 3 aromatic rings. The summed E-state index contributed by atoms with van der Waals surface area (Å²) in [6, 6.07) is 15.9. The third-order valence-electron chi connectivity index (χ3n) is 6.44. The molecule has 34 heavy (non-hydrogen) atoms. The summed E-state index contributed by atoms with van der Waals surface area (Å²) in [4.78, 5) is 40.1. The van der Waals surface area contributed by atoms with Gasteiger partial charge in [0.15, 0.2) is 17.3 Å². The number of hydrogen-bond donors (Lipinski definition) is 1. The van der Waals surface area contributed by atoms with Gasteiger partial charge in [0.05, 0.1) is 6.54 Å². The molecule has 1 N–H and O–H groups in total. The van der Waals surface area contributed by atoms with Crippen molar-refractivity contribution in [2.24, 2.45) is 0 Å². The number of imide groups is 1. The Hall–Kier alpha value is -4.07. The zero-order valence-electron chi connectivity index (χ0n) is 19.3. The second-order valence-corrected chi connectivity index (χ2v) is 8.68. The third-order valence-corrected chi connectivity index (χ3v) is 6.44. The standard InChI is InChI=1S/C26H25N3O5/c1-16-13-20(17(2)29(16)19-9-10-22-23(14-19)34-12-11-33-22)21(30)15-28-24(31)26(3,27-25(28)32)18-7-5-4-6-8-18/h4-10,13-14H,11-12,15H2,1-3H3,(H,27,32)/t26-/m0/s1. The van der Waals surface area contributed by atoms with Crippen LogP contribution in [-0.2, 0) is 10.3 Å². The molecule has 1 fully saturated rings. The van der Waals surface area contributed by atoms with Crippen molar-refractivity contribution in [3.63, 3.8) is 0 Å². The molecule has 8 nitrogen and oxygen atoms in total. The number of amides is 3. The Morgan fingerprint density at radius 2 is 1.71 bits per heavy atom. The van der Waals surface area contributed by atoms with Crippen molar-refractivity contribution in [1.29, 1.82) is 0 Å². The van der Waals surface area contributed by atoms with Gasteiger partial charge in [-0.3, -0.25) is 14.5 Å². The van der Waals surface area contributed by atoms with Gasteiger partial charge in [-0.2, -0.15) is 0 Å². The van der Waals surface area contributed by atoms with Crippen molar-refractivity contribution < 1.29 is 23.9 Å². The van der Waals surface area contributed by atoms with Crippen LogP contribution in [0.25, 0.3) is 5.69 Å². The molecule has 0 aliphatic carbocycles. The van der Waals surface area contributed by atoms with Gasteiger partial charge >= 0.3 is 6.03 Å². The van der Waals surface area contributed by atoms with Gasteiger partial charge < -0.3 is 19.4 Å². The monoisotopic (exact) mass is 459 g/mol. The maximum atomic E-state index is 13.3. The highest BCUT2D eigenvalue weighted by Gasteiger charge is 2.49. The Labute approximate surface area is 197 Å². The molecule has 2 aliphatic rings. The molecule has 174 valence electrons. The van der Waals surface area contributed by atoms with Crippen LogP contribution >= 0.6 is 0 Å². The van der Waals surface area contributed by atoms with Gasteiger partial charge in [-0.05, 0) is 44.5 Å². The summed E-state index contributed by atoms with van der Waals surface area (Å²) in [5.74, 6) is 0.591. The predicted molar refractivity (Wildman–Crippen MR) is 125 cm³/mol. The number of carbonyl (C=O) groups is 3. The molecule has 2 aliphatic heterocycles. The molecule has 2 aromatic carbocycles. The van der Waals surface area contributed by atoms with E-state index in [0.717, 1.165) is 22.0 Å². The first kappa shape index (κ1) is 21.8. The zero-order valence-corrected chi connectivity index (χ0v) is 19.3. The molecule has 8 heteroatoms. The zero-order chi connectivity index (χ0) is 24.0. The molecular weight excluding hydrogens is 434 g/mol. The molecule has 1 saturated heterocycles. The number of nitrogens with zero attached hydrogens (tertiary/aromatic N) is 2. The van der Waals surface area contributed by atoms with E-state index in [-0.39, 0.29) is 12.3 Å². The predicted octanol–water partition coefficient (Wildman–Crippen LogP) is 3.52. The Morgan fingerprint density at radius 1 is 1.00 bits per heavy atom. The fourth-order valence-corrected chi connectivity index (χ4v) is 4.65. The topological polar surface area (TPSA) is 89.9 Å². The summed E-state index contributed by atoms with van der Waals surface area (Å²) < 4.78 is 13.2. The minimum Gasteiger partial charge on any atom is -0.486 e. The molecule has 0 radical (unpaired) electrons. The average molecular weight is 460 g/mol. The lowest BCUT2D eigenvalue weighted by molar-refractivity contribution is -0.130. The van der Waals surface area contributed by atoms with Crippen LogP contribution in [0.2, 0.25) is 0 Å². The number of aryl methyl sites for hydroxylation is 1. The number of benzene rings is 2. The van der Waals surface area contributed by atoms with Crippen LogP contribution in [0, 0.1) is 13.8 Å². The summed E-state index contributed by atoms with van der Waals surface area (Å²) >= 11 is 0. The molecule has 3 heterocycles. The average Bonchev–Trinajstić information content (AvgIpc) is 3.26. The van der Waals surface area contributed by atoms with Crippen molar-refractivity contribution in [3.8, 4) is 17.2 Å². The number of ketones is 1. The van der Waals surface area contributed by atoms with Gasteiger partial charge in [0.2, 0.25) is 0 Å². The van der Waals surface area contributed by atoms with Gasteiger partial charge in [0, 0.05) is 28.7 Å². The number of hydrogen-bond acceptors (Lipinski definition) is 5. The second kappa shape index (κ2) is 8.06. The molecule has 0 unspecified atom stereocenters. The molecule has 5 rings (SSSR count). The quantitative estimate of drug-likeness (QED) is 0.466. The van der Waals surface area contributed by atoms with Gasteiger partial charge in [-0.1, -0.05) is 30.3 Å². The van der Waals surface area contributed by atoms with E-state index in [1.165, 1.54) is 0 Å². The molecular formula is C26H25N3O5. The molecule has 1 aromatic heterocycles. The highest BCUT2D eigenvalue weighted by Crippen LogP contribution is 2.34. The van der Waals surface area contributed by atoms with Crippen LogP contribution in [-0.4, -0.2) is 46.9 Å². The van der Waals surface area contributed by atoms with E-state index >= 15 is 0 Å². The lowest BCUT2D eigenvalue weighted by Crippen LogP contribution is -2.41. The first-order chi connectivity index (χ1) is 16.3. The Morgan fingerprint density at radius 3 is 2.44 bits per heavy atom. The fourth-order valence-electron chi connectivity index (χ4n) is 4.65. The smallest absolute Gasteiger partial charge is 0.325 e. The van der Waals surface area contributed by atoms with Gasteiger partial charge in [-0.15, -0.1) is 0 Å². The number of Topliss-reactive ketones (excluding diaryl/α,β-unsaturated/α-hetero) is 1. The summed E-state index contributed by atoms with van der Waals surface area (Å²) in [7, 11) is 0. The first-order valence-corrected chi connectivity index (χ1v) is 11.1. The number of rotatable bonds is 5. The normalized spacial score (nSPS) is 19.3. The van der Waals surface area contributed by atoms with Crippen molar-refractivity contribution in [1.82, 2.24) is 14.8 Å². The molecule has 3 amide bonds. The molecule has 1 atom stereocenters. The van der Waals surface area contributed by atoms with Gasteiger partial charge in [-0.25, -0.2) is 4.79 Å². The van der Waals surface area contributed by atoms with Gasteiger partial charge in [0.25, 0.3) is 5.91 Å². The van der Waals surface area contributed by atoms with E-state index in [2.05, 4.69) is 5.32 Å². The molecule has 0 bridgehead atoms. The SMILES string of the molecule is Cc1cc(C(=O)CN2C(=O)N[C@@](C)(c3ccccc3)C2=O)c(C)n1-c1ccc2c(c1)OCCO2. The first-order valence-electron chi connectivity index (χ1n) is 11.1. The number of carbonyl (C=O) groups excluding carboxylic acids is 3. The highest BCUT2D eigenvalue weighted by atomic mass is 16.6. The second-order valence-electron chi connectivity index (χ2n) is 8.68. The van der Waals surface area contributed by atoms with E-state index < -0.39 is 17.5 Å². The van der Waals surface area contributed by atoms with E-state index in [9.17, 15) is 14.4 Å². The Kier molecular flexibility index (Phi) is 5.16. The summed E-state index contributed by atoms with van der Waals surface area (Å²) in [6.45, 7) is 6.06. The number of fused-ring (bicyclic) bond motifs is 1. The van der Waals surface area contributed by atoms with E-state index in [0.29, 0.717) is 35.8 Å². The summed E-state index contributed by atoms with van der Waals surface area (Å²) in [5.41, 5.74) is 2.33. The lowest BCUT2D eigenvalue weighted by atomic mass is 9.92. The lowest BCUT2D eigenvalue weighted by Gasteiger charge is -2.22. The summed E-state index contributed by atoms with van der Waals surface area (Å²) in [5, 5.41) is 2.74. The van der Waals surface area contributed by atoms with Crippen LogP contribution in [0.15, 0.2) is 54.6 Å². The summed E-state index contributed by atoms with van der Waals surface area (Å²) in [6.07, 6.45) is 0. The van der Waals surface area contributed by atoms with Crippen LogP contribution in [0.5, 0.6) is 11.5 Å². The van der Waals surface area contributed by atoms with E-state index in [4.69, 9.17) is 9.47 Å². The minimum atomic E-state index is -1.21. The number of aromatic nitrogens is 1. The van der Waals surface area contributed by atoms with E-state index in [1.54, 1.807) is 37.3 Å². The van der Waals surface area contributed by atoms with Crippen LogP contribution in [0.1, 0.15) is 34.2 Å². The van der Waals surface area contributed by atoms with Crippen molar-refractivity contribution in [3.05, 3.63) is 77.1 Å². The fraction of sp³-hybridized carbons (Fsp3) is 0.269. The van der Waals surface area contributed by atoms with Crippen molar-refractivity contribution in [2.75, 3.05) is 19.8 Å². The maximum absolute atomic E-state index is 13.3. The van der Waals surface area contributed by atoms with Crippen LogP contribution < -0.4 is 14.8 Å². The third kappa shape index (κ3) is 3.42. The Bertz CT molecular complexity index is 1310. The van der Waals surface area contributed by atoms with E-state index in [1.807, 2.05) is 42.7 Å². The van der Waals surface area contributed by atoms with Crippen LogP contribution in [0.4, 0.5) is 4.79 Å². The maximum Gasteiger partial charge on any atom is 0.325 e. The Balaban J connectivity index is 1.41. The van der Waals surface area contributed by atoms with Crippen LogP contribution in [0.3, 0.4) is 0 Å². The number of urea groups is 1. The van der Waals surface area contributed by atoms with Crippen molar-refractivity contribution in [2.45, 2.75) is 26.3 Å². The van der Waals surface area contributed by atoms with Gasteiger partial charge in [0.1, 0.15) is 18.8 Å². The number of nitrogens with one attached hydrogen (secondary N) is 1. The van der Waals surface area contributed by atoms with Crippen molar-refractivity contribution >= 4 is 17.7 Å². The molecule has 0 spiro atoms. The molecule has 0 saturated carbocycles. The highest BCUT2D eigenvalue weighted by molar-refractivity contribution is 6.11.